The number of fused-ring (bicyclic) bond motifs is 1. The molecular formula is C15H18N2O2S2. The van der Waals surface area contributed by atoms with Gasteiger partial charge in [0.2, 0.25) is 0 Å². The van der Waals surface area contributed by atoms with Crippen molar-refractivity contribution in [1.82, 2.24) is 10.6 Å². The minimum atomic E-state index is -0.739. The van der Waals surface area contributed by atoms with Gasteiger partial charge in [0, 0.05) is 23.5 Å². The molecule has 1 aliphatic heterocycles. The van der Waals surface area contributed by atoms with E-state index in [0.717, 1.165) is 17.7 Å². The summed E-state index contributed by atoms with van der Waals surface area (Å²) in [5.74, 6) is 1.66. The summed E-state index contributed by atoms with van der Waals surface area (Å²) in [7, 11) is 0. The van der Waals surface area contributed by atoms with E-state index in [-0.39, 0.29) is 6.03 Å². The summed E-state index contributed by atoms with van der Waals surface area (Å²) in [6.45, 7) is 0.819. The molecule has 1 saturated heterocycles. The van der Waals surface area contributed by atoms with E-state index in [9.17, 15) is 9.90 Å². The number of amides is 2. The number of benzene rings is 1. The van der Waals surface area contributed by atoms with Crippen LogP contribution in [0.1, 0.15) is 12.0 Å². The molecule has 0 radical (unpaired) electrons. The molecule has 21 heavy (non-hydrogen) atoms. The maximum atomic E-state index is 11.8. The van der Waals surface area contributed by atoms with Crippen molar-refractivity contribution in [3.63, 3.8) is 0 Å². The molecule has 1 fully saturated rings. The number of thioether (sulfide) groups is 1. The van der Waals surface area contributed by atoms with Crippen LogP contribution in [0.2, 0.25) is 0 Å². The fourth-order valence-corrected chi connectivity index (χ4v) is 4.65. The van der Waals surface area contributed by atoms with Gasteiger partial charge in [0.05, 0.1) is 5.60 Å². The quantitative estimate of drug-likeness (QED) is 0.811. The average molecular weight is 322 g/mol. The summed E-state index contributed by atoms with van der Waals surface area (Å²) in [6, 6.07) is 7.95. The summed E-state index contributed by atoms with van der Waals surface area (Å²) in [5.41, 5.74) is 0.387. The van der Waals surface area contributed by atoms with Crippen molar-refractivity contribution in [2.45, 2.75) is 18.6 Å². The molecule has 112 valence electrons. The summed E-state index contributed by atoms with van der Waals surface area (Å²) >= 11 is 3.41. The number of carbonyl (C=O) groups is 1. The lowest BCUT2D eigenvalue weighted by Gasteiger charge is -2.21. The average Bonchev–Trinajstić information content (AvgIpc) is 3.10. The van der Waals surface area contributed by atoms with E-state index in [0.29, 0.717) is 18.8 Å². The van der Waals surface area contributed by atoms with E-state index in [1.54, 1.807) is 23.1 Å². The predicted molar refractivity (Wildman–Crippen MR) is 89.0 cm³/mol. The Kier molecular flexibility index (Phi) is 4.37. The number of carbonyl (C=O) groups excluding carboxylic acids is 1. The van der Waals surface area contributed by atoms with Gasteiger partial charge in [-0.1, -0.05) is 18.2 Å². The third-order valence-corrected chi connectivity index (χ3v) is 5.91. The molecule has 4 nitrogen and oxygen atoms in total. The van der Waals surface area contributed by atoms with Crippen LogP contribution in [-0.2, 0) is 6.54 Å². The second kappa shape index (κ2) is 6.25. The Morgan fingerprint density at radius 1 is 1.33 bits per heavy atom. The summed E-state index contributed by atoms with van der Waals surface area (Å²) in [6.07, 6.45) is 0.743. The molecule has 0 spiro atoms. The SMILES string of the molecule is O=C(NCc1csc2ccccc12)NC[C@]1(O)CCSC1. The predicted octanol–water partition coefficient (Wildman–Crippen LogP) is 2.57. The summed E-state index contributed by atoms with van der Waals surface area (Å²) < 4.78 is 1.23. The molecule has 1 atom stereocenters. The van der Waals surface area contributed by atoms with E-state index >= 15 is 0 Å². The van der Waals surface area contributed by atoms with E-state index in [1.165, 1.54) is 10.1 Å². The third-order valence-electron chi connectivity index (χ3n) is 3.66. The molecule has 0 saturated carbocycles. The lowest BCUT2D eigenvalue weighted by molar-refractivity contribution is 0.0700. The van der Waals surface area contributed by atoms with E-state index < -0.39 is 5.60 Å². The molecule has 1 aromatic carbocycles. The molecule has 3 N–H and O–H groups in total. The second-order valence-corrected chi connectivity index (χ2v) is 7.34. The van der Waals surface area contributed by atoms with Crippen LogP contribution >= 0.6 is 23.1 Å². The Hall–Kier alpha value is -1.24. The number of nitrogens with one attached hydrogen (secondary N) is 2. The number of urea groups is 1. The van der Waals surface area contributed by atoms with Crippen molar-refractivity contribution in [3.8, 4) is 0 Å². The molecule has 3 rings (SSSR count). The first-order chi connectivity index (χ1) is 10.2. The smallest absolute Gasteiger partial charge is 0.315 e. The van der Waals surface area contributed by atoms with Crippen molar-refractivity contribution in [3.05, 3.63) is 35.2 Å². The second-order valence-electron chi connectivity index (χ2n) is 5.32. The molecular weight excluding hydrogens is 304 g/mol. The van der Waals surface area contributed by atoms with Crippen molar-refractivity contribution in [1.29, 1.82) is 0 Å². The van der Waals surface area contributed by atoms with Gasteiger partial charge in [-0.2, -0.15) is 11.8 Å². The van der Waals surface area contributed by atoms with Crippen LogP contribution in [0.5, 0.6) is 0 Å². The lowest BCUT2D eigenvalue weighted by Crippen LogP contribution is -2.46. The Morgan fingerprint density at radius 2 is 2.19 bits per heavy atom. The van der Waals surface area contributed by atoms with Crippen molar-refractivity contribution in [2.24, 2.45) is 0 Å². The first kappa shape index (κ1) is 14.7. The maximum Gasteiger partial charge on any atom is 0.315 e. The zero-order valence-electron chi connectivity index (χ0n) is 11.6. The van der Waals surface area contributed by atoms with Gasteiger partial charge in [-0.25, -0.2) is 4.79 Å². The van der Waals surface area contributed by atoms with Gasteiger partial charge in [-0.15, -0.1) is 11.3 Å². The highest BCUT2D eigenvalue weighted by Crippen LogP contribution is 2.27. The molecule has 0 bridgehead atoms. The molecule has 2 heterocycles. The number of rotatable bonds is 4. The molecule has 1 aromatic heterocycles. The van der Waals surface area contributed by atoms with Crippen LogP contribution in [0.3, 0.4) is 0 Å². The Morgan fingerprint density at radius 3 is 3.00 bits per heavy atom. The number of thiophene rings is 1. The topological polar surface area (TPSA) is 61.4 Å². The van der Waals surface area contributed by atoms with Gasteiger partial charge in [-0.05, 0) is 34.6 Å². The Balaban J connectivity index is 1.51. The standard InChI is InChI=1S/C15H18N2O2S2/c18-14(17-9-15(19)5-6-20-10-15)16-7-11-8-21-13-4-2-1-3-12(11)13/h1-4,8,19H,5-7,9-10H2,(H2,16,17,18)/t15-/m1/s1. The van der Waals surface area contributed by atoms with Gasteiger partial charge in [-0.3, -0.25) is 0 Å². The van der Waals surface area contributed by atoms with Crippen LogP contribution < -0.4 is 10.6 Å². The van der Waals surface area contributed by atoms with Crippen LogP contribution in [0.15, 0.2) is 29.6 Å². The number of hydrogen-bond donors (Lipinski definition) is 3. The number of hydrogen-bond acceptors (Lipinski definition) is 4. The summed E-state index contributed by atoms with van der Waals surface area (Å²) in [4.78, 5) is 11.8. The van der Waals surface area contributed by atoms with Crippen LogP contribution in [-0.4, -0.2) is 34.8 Å². The minimum Gasteiger partial charge on any atom is -0.387 e. The van der Waals surface area contributed by atoms with Crippen molar-refractivity contribution in [2.75, 3.05) is 18.1 Å². The lowest BCUT2D eigenvalue weighted by atomic mass is 10.0. The largest absolute Gasteiger partial charge is 0.387 e. The molecule has 6 heteroatoms. The highest BCUT2D eigenvalue weighted by molar-refractivity contribution is 7.99. The highest BCUT2D eigenvalue weighted by atomic mass is 32.2. The molecule has 1 aliphatic rings. The van der Waals surface area contributed by atoms with Crippen LogP contribution in [0.25, 0.3) is 10.1 Å². The monoisotopic (exact) mass is 322 g/mol. The minimum absolute atomic E-state index is 0.226. The zero-order chi connectivity index (χ0) is 14.7. The Bertz CT molecular complexity index is 635. The van der Waals surface area contributed by atoms with Gasteiger partial charge < -0.3 is 15.7 Å². The fourth-order valence-electron chi connectivity index (χ4n) is 2.39. The van der Waals surface area contributed by atoms with Crippen molar-refractivity contribution < 1.29 is 9.90 Å². The van der Waals surface area contributed by atoms with Crippen LogP contribution in [0.4, 0.5) is 4.79 Å². The normalized spacial score (nSPS) is 21.6. The van der Waals surface area contributed by atoms with Gasteiger partial charge >= 0.3 is 6.03 Å². The molecule has 0 aliphatic carbocycles. The first-order valence-electron chi connectivity index (χ1n) is 6.93. The zero-order valence-corrected chi connectivity index (χ0v) is 13.2. The first-order valence-corrected chi connectivity index (χ1v) is 8.97. The molecule has 0 unspecified atom stereocenters. The highest BCUT2D eigenvalue weighted by Gasteiger charge is 2.31. The van der Waals surface area contributed by atoms with E-state index in [2.05, 4.69) is 28.1 Å². The molecule has 2 amide bonds. The summed E-state index contributed by atoms with van der Waals surface area (Å²) in [5, 5.41) is 19.1. The maximum absolute atomic E-state index is 11.8. The fraction of sp³-hybridized carbons (Fsp3) is 0.400. The molecule has 2 aromatic rings. The van der Waals surface area contributed by atoms with Gasteiger partial charge in [0.15, 0.2) is 0 Å². The Labute approximate surface area is 131 Å². The third kappa shape index (κ3) is 3.51. The van der Waals surface area contributed by atoms with Gasteiger partial charge in [0.1, 0.15) is 0 Å². The van der Waals surface area contributed by atoms with Crippen molar-refractivity contribution >= 4 is 39.2 Å². The van der Waals surface area contributed by atoms with Crippen LogP contribution in [0, 0.1) is 0 Å². The van der Waals surface area contributed by atoms with E-state index in [1.807, 2.05) is 12.1 Å². The number of aliphatic hydroxyl groups is 1. The van der Waals surface area contributed by atoms with E-state index in [4.69, 9.17) is 0 Å². The van der Waals surface area contributed by atoms with Gasteiger partial charge in [0.25, 0.3) is 0 Å².